The van der Waals surface area contributed by atoms with Crippen molar-refractivity contribution in [1.82, 2.24) is 4.90 Å². The lowest BCUT2D eigenvalue weighted by molar-refractivity contribution is -0.133. The fourth-order valence-corrected chi connectivity index (χ4v) is 1.52. The van der Waals surface area contributed by atoms with Gasteiger partial charge in [-0.3, -0.25) is 4.79 Å². The molecule has 16 heavy (non-hydrogen) atoms. The minimum Gasteiger partial charge on any atom is -0.496 e. The summed E-state index contributed by atoms with van der Waals surface area (Å²) in [5.74, 6) is 0.549. The van der Waals surface area contributed by atoms with Gasteiger partial charge in [0, 0.05) is 13.6 Å². The fraction of sp³-hybridized carbons (Fsp3) is 0.417. The van der Waals surface area contributed by atoms with Gasteiger partial charge in [0.1, 0.15) is 12.4 Å². The summed E-state index contributed by atoms with van der Waals surface area (Å²) < 4.78 is 5.15. The Hall–Kier alpha value is -1.55. The van der Waals surface area contributed by atoms with E-state index >= 15 is 0 Å². The Morgan fingerprint density at radius 2 is 2.19 bits per heavy atom. The van der Waals surface area contributed by atoms with Crippen LogP contribution in [0.15, 0.2) is 18.2 Å². The molecule has 0 aliphatic rings. The number of amides is 1. The van der Waals surface area contributed by atoms with Crippen LogP contribution in [0.2, 0.25) is 0 Å². The van der Waals surface area contributed by atoms with Crippen LogP contribution in [0.25, 0.3) is 0 Å². The van der Waals surface area contributed by atoms with Crippen molar-refractivity contribution in [1.29, 1.82) is 0 Å². The van der Waals surface area contributed by atoms with E-state index in [1.807, 2.05) is 25.1 Å². The Balaban J connectivity index is 2.75. The second kappa shape index (κ2) is 5.51. The van der Waals surface area contributed by atoms with Crippen LogP contribution in [-0.2, 0) is 11.3 Å². The van der Waals surface area contributed by atoms with E-state index in [1.165, 1.54) is 4.90 Å². The first kappa shape index (κ1) is 12.5. The number of hydrogen-bond acceptors (Lipinski definition) is 3. The zero-order chi connectivity index (χ0) is 12.1. The summed E-state index contributed by atoms with van der Waals surface area (Å²) >= 11 is 0. The predicted molar refractivity (Wildman–Crippen MR) is 61.3 cm³/mol. The molecule has 1 rings (SSSR count). The third-order valence-corrected chi connectivity index (χ3v) is 2.44. The number of ether oxygens (including phenoxy) is 1. The lowest BCUT2D eigenvalue weighted by Crippen LogP contribution is -2.28. The maximum Gasteiger partial charge on any atom is 0.248 e. The molecular weight excluding hydrogens is 206 g/mol. The molecule has 1 amide bonds. The number of rotatable bonds is 4. The largest absolute Gasteiger partial charge is 0.496 e. The average molecular weight is 223 g/mol. The zero-order valence-electron chi connectivity index (χ0n) is 9.86. The normalized spacial score (nSPS) is 10.0. The van der Waals surface area contributed by atoms with Crippen molar-refractivity contribution in [3.63, 3.8) is 0 Å². The smallest absolute Gasteiger partial charge is 0.248 e. The molecule has 4 nitrogen and oxygen atoms in total. The van der Waals surface area contributed by atoms with Crippen molar-refractivity contribution < 1.29 is 14.6 Å². The third-order valence-electron chi connectivity index (χ3n) is 2.44. The van der Waals surface area contributed by atoms with Gasteiger partial charge in [-0.2, -0.15) is 0 Å². The van der Waals surface area contributed by atoms with E-state index in [-0.39, 0.29) is 5.91 Å². The predicted octanol–water partition coefficient (Wildman–Crippen LogP) is 0.954. The molecule has 1 aromatic rings. The molecule has 0 fully saturated rings. The topological polar surface area (TPSA) is 49.8 Å². The van der Waals surface area contributed by atoms with Gasteiger partial charge in [0.15, 0.2) is 0 Å². The maximum atomic E-state index is 11.2. The molecule has 0 aliphatic heterocycles. The zero-order valence-corrected chi connectivity index (χ0v) is 9.86. The van der Waals surface area contributed by atoms with Gasteiger partial charge in [-0.1, -0.05) is 12.1 Å². The molecule has 0 radical (unpaired) electrons. The van der Waals surface area contributed by atoms with Crippen LogP contribution in [0.5, 0.6) is 5.75 Å². The van der Waals surface area contributed by atoms with Crippen molar-refractivity contribution in [3.05, 3.63) is 29.3 Å². The van der Waals surface area contributed by atoms with Crippen molar-refractivity contribution >= 4 is 5.91 Å². The molecule has 0 aromatic heterocycles. The van der Waals surface area contributed by atoms with Crippen LogP contribution in [0.4, 0.5) is 0 Å². The lowest BCUT2D eigenvalue weighted by Gasteiger charge is -2.16. The molecular formula is C12H17NO3. The summed E-state index contributed by atoms with van der Waals surface area (Å²) in [6.45, 7) is 1.99. The van der Waals surface area contributed by atoms with Gasteiger partial charge in [0.2, 0.25) is 5.91 Å². The first-order valence-electron chi connectivity index (χ1n) is 5.06. The van der Waals surface area contributed by atoms with Crippen molar-refractivity contribution in [3.8, 4) is 5.75 Å². The Kier molecular flexibility index (Phi) is 4.31. The molecule has 1 aromatic carbocycles. The number of aliphatic hydroxyl groups is 1. The molecule has 88 valence electrons. The quantitative estimate of drug-likeness (QED) is 0.827. The second-order valence-corrected chi connectivity index (χ2v) is 3.71. The molecule has 1 N–H and O–H groups in total. The summed E-state index contributed by atoms with van der Waals surface area (Å²) in [7, 11) is 3.29. The molecule has 0 aliphatic carbocycles. The van der Waals surface area contributed by atoms with Gasteiger partial charge < -0.3 is 14.7 Å². The van der Waals surface area contributed by atoms with E-state index in [1.54, 1.807) is 14.2 Å². The Labute approximate surface area is 95.5 Å². The van der Waals surface area contributed by atoms with Gasteiger partial charge in [0.05, 0.1) is 7.11 Å². The van der Waals surface area contributed by atoms with Crippen molar-refractivity contribution in [2.24, 2.45) is 0 Å². The molecule has 0 saturated heterocycles. The van der Waals surface area contributed by atoms with E-state index in [4.69, 9.17) is 9.84 Å². The number of methoxy groups -OCH3 is 1. The highest BCUT2D eigenvalue weighted by molar-refractivity contribution is 5.76. The first-order chi connectivity index (χ1) is 7.58. The van der Waals surface area contributed by atoms with Gasteiger partial charge >= 0.3 is 0 Å². The number of carbonyl (C=O) groups is 1. The number of benzene rings is 1. The number of aliphatic hydroxyl groups excluding tert-OH is 1. The van der Waals surface area contributed by atoms with E-state index in [9.17, 15) is 4.79 Å². The summed E-state index contributed by atoms with van der Waals surface area (Å²) in [5.41, 5.74) is 2.05. The number of hydrogen-bond donors (Lipinski definition) is 1. The van der Waals surface area contributed by atoms with Gasteiger partial charge in [-0.05, 0) is 24.1 Å². The van der Waals surface area contributed by atoms with Gasteiger partial charge in [-0.15, -0.1) is 0 Å². The Morgan fingerprint density at radius 3 is 2.69 bits per heavy atom. The van der Waals surface area contributed by atoms with Gasteiger partial charge in [0.25, 0.3) is 0 Å². The fourth-order valence-electron chi connectivity index (χ4n) is 1.52. The maximum absolute atomic E-state index is 11.2. The van der Waals surface area contributed by atoms with Crippen LogP contribution >= 0.6 is 0 Å². The van der Waals surface area contributed by atoms with E-state index in [0.717, 1.165) is 16.9 Å². The number of nitrogens with zero attached hydrogens (tertiary/aromatic N) is 1. The first-order valence-corrected chi connectivity index (χ1v) is 5.06. The van der Waals surface area contributed by atoms with Crippen LogP contribution in [0, 0.1) is 6.92 Å². The second-order valence-electron chi connectivity index (χ2n) is 3.71. The summed E-state index contributed by atoms with van der Waals surface area (Å²) in [6, 6.07) is 5.76. The van der Waals surface area contributed by atoms with Gasteiger partial charge in [-0.25, -0.2) is 0 Å². The summed E-state index contributed by atoms with van der Waals surface area (Å²) in [6.07, 6.45) is 0. The van der Waals surface area contributed by atoms with Crippen LogP contribution in [0.3, 0.4) is 0 Å². The average Bonchev–Trinajstić information content (AvgIpc) is 2.28. The highest BCUT2D eigenvalue weighted by Crippen LogP contribution is 2.19. The van der Waals surface area contributed by atoms with Crippen LogP contribution in [0.1, 0.15) is 11.1 Å². The molecule has 0 unspecified atom stereocenters. The monoisotopic (exact) mass is 223 g/mol. The minimum atomic E-state index is -0.453. The van der Waals surface area contributed by atoms with Crippen LogP contribution < -0.4 is 4.74 Å². The lowest BCUT2D eigenvalue weighted by atomic mass is 10.1. The molecule has 0 bridgehead atoms. The summed E-state index contributed by atoms with van der Waals surface area (Å²) in [4.78, 5) is 12.7. The number of carbonyl (C=O) groups excluding carboxylic acids is 1. The molecule has 0 spiro atoms. The van der Waals surface area contributed by atoms with E-state index < -0.39 is 6.61 Å². The highest BCUT2D eigenvalue weighted by Gasteiger charge is 2.08. The number of aryl methyl sites for hydroxylation is 1. The van der Waals surface area contributed by atoms with Crippen molar-refractivity contribution in [2.45, 2.75) is 13.5 Å². The van der Waals surface area contributed by atoms with E-state index in [0.29, 0.717) is 6.54 Å². The van der Waals surface area contributed by atoms with E-state index in [2.05, 4.69) is 0 Å². The highest BCUT2D eigenvalue weighted by atomic mass is 16.5. The summed E-state index contributed by atoms with van der Waals surface area (Å²) in [5, 5.41) is 8.71. The van der Waals surface area contributed by atoms with Crippen molar-refractivity contribution in [2.75, 3.05) is 20.8 Å². The standard InChI is InChI=1S/C12H17NO3/c1-9-6-10(4-5-11(9)16-3)7-13(2)12(15)8-14/h4-6,14H,7-8H2,1-3H3. The number of likely N-dealkylation sites (N-methyl/N-ethyl adjacent to an activating group) is 1. The minimum absolute atomic E-state index is 0.284. The molecule has 0 saturated carbocycles. The molecule has 0 heterocycles. The molecule has 0 atom stereocenters. The third kappa shape index (κ3) is 2.97. The Bertz CT molecular complexity index is 377. The Morgan fingerprint density at radius 1 is 1.50 bits per heavy atom. The SMILES string of the molecule is COc1ccc(CN(C)C(=O)CO)cc1C. The molecule has 4 heteroatoms. The van der Waals surface area contributed by atoms with Crippen LogP contribution in [-0.4, -0.2) is 36.7 Å².